The van der Waals surface area contributed by atoms with Crippen LogP contribution in [0.4, 0.5) is 0 Å². The molecule has 0 heterocycles. The van der Waals surface area contributed by atoms with Crippen molar-refractivity contribution >= 4 is 5.97 Å². The molecule has 1 N–H and O–H groups in total. The molecule has 0 amide bonds. The number of hydrogen-bond acceptors (Lipinski definition) is 1. The summed E-state index contributed by atoms with van der Waals surface area (Å²) < 4.78 is 0. The van der Waals surface area contributed by atoms with E-state index in [1.807, 2.05) is 0 Å². The van der Waals surface area contributed by atoms with Crippen molar-refractivity contribution in [1.82, 2.24) is 0 Å². The van der Waals surface area contributed by atoms with Gasteiger partial charge in [-0.1, -0.05) is 27.2 Å². The summed E-state index contributed by atoms with van der Waals surface area (Å²) in [7, 11) is 0. The summed E-state index contributed by atoms with van der Waals surface area (Å²) in [6.45, 7) is 6.60. The highest BCUT2D eigenvalue weighted by Gasteiger charge is 2.05. The van der Waals surface area contributed by atoms with E-state index < -0.39 is 5.97 Å². The first kappa shape index (κ1) is 11.5. The summed E-state index contributed by atoms with van der Waals surface area (Å²) in [5.74, 6) is 0.723. The van der Waals surface area contributed by atoms with Gasteiger partial charge in [0.2, 0.25) is 0 Å². The molecule has 1 unspecified atom stereocenters. The van der Waals surface area contributed by atoms with Gasteiger partial charge in [0.25, 0.3) is 0 Å². The Labute approximate surface area is 75.0 Å². The number of hydrogen-bond donors (Lipinski definition) is 1. The molecule has 0 rings (SSSR count). The molecule has 72 valence electrons. The maximum absolute atomic E-state index is 10.2. The highest BCUT2D eigenvalue weighted by atomic mass is 16.4. The minimum absolute atomic E-state index is 0.322. The highest BCUT2D eigenvalue weighted by Crippen LogP contribution is 2.16. The maximum atomic E-state index is 10.2. The van der Waals surface area contributed by atoms with Crippen LogP contribution >= 0.6 is 0 Å². The molecule has 0 aliphatic rings. The molecule has 2 heteroatoms. The van der Waals surface area contributed by atoms with Crippen molar-refractivity contribution in [3.63, 3.8) is 0 Å². The predicted molar refractivity (Wildman–Crippen MR) is 50.1 cm³/mol. The molecular formula is C10H20O2. The largest absolute Gasteiger partial charge is 0.481 e. The van der Waals surface area contributed by atoms with Crippen LogP contribution < -0.4 is 0 Å². The lowest BCUT2D eigenvalue weighted by Crippen LogP contribution is -2.02. The van der Waals surface area contributed by atoms with E-state index in [0.29, 0.717) is 12.3 Å². The molecule has 0 saturated heterocycles. The van der Waals surface area contributed by atoms with E-state index in [-0.39, 0.29) is 0 Å². The number of aliphatic carboxylic acids is 1. The molecule has 0 bridgehead atoms. The second-order valence-electron chi connectivity index (χ2n) is 4.02. The molecular weight excluding hydrogens is 152 g/mol. The molecule has 12 heavy (non-hydrogen) atoms. The summed E-state index contributed by atoms with van der Waals surface area (Å²) in [6.07, 6.45) is 3.40. The molecule has 0 aliphatic heterocycles. The number of carboxylic acid groups (broad SMARTS) is 1. The second kappa shape index (κ2) is 6.04. The topological polar surface area (TPSA) is 37.3 Å². The fourth-order valence-corrected chi connectivity index (χ4v) is 1.52. The van der Waals surface area contributed by atoms with Gasteiger partial charge in [0.05, 0.1) is 0 Å². The molecule has 0 aromatic rings. The Hall–Kier alpha value is -0.530. The van der Waals surface area contributed by atoms with Crippen molar-refractivity contribution in [1.29, 1.82) is 0 Å². The zero-order valence-electron chi connectivity index (χ0n) is 8.34. The Morgan fingerprint density at radius 2 is 1.92 bits per heavy atom. The lowest BCUT2D eigenvalue weighted by atomic mass is 9.94. The molecule has 0 radical (unpaired) electrons. The molecule has 0 aromatic carbocycles. The molecule has 0 aromatic heterocycles. The summed E-state index contributed by atoms with van der Waals surface area (Å²) in [5.41, 5.74) is 0. The first-order valence-electron chi connectivity index (χ1n) is 4.74. The smallest absolute Gasteiger partial charge is 0.303 e. The average molecular weight is 172 g/mol. The third-order valence-corrected chi connectivity index (χ3v) is 1.96. The van der Waals surface area contributed by atoms with E-state index in [9.17, 15) is 4.79 Å². The SMILES string of the molecule is CC(C)CC(C)CCCC(=O)O. The Bertz CT molecular complexity index is 130. The van der Waals surface area contributed by atoms with Gasteiger partial charge in [-0.2, -0.15) is 0 Å². The Morgan fingerprint density at radius 3 is 2.33 bits per heavy atom. The number of carbonyl (C=O) groups is 1. The van der Waals surface area contributed by atoms with Crippen LogP contribution in [0.15, 0.2) is 0 Å². The van der Waals surface area contributed by atoms with Crippen molar-refractivity contribution in [3.8, 4) is 0 Å². The Balaban J connectivity index is 3.31. The maximum Gasteiger partial charge on any atom is 0.303 e. The van der Waals surface area contributed by atoms with E-state index in [1.165, 1.54) is 6.42 Å². The van der Waals surface area contributed by atoms with Crippen molar-refractivity contribution < 1.29 is 9.90 Å². The lowest BCUT2D eigenvalue weighted by Gasteiger charge is -2.12. The van der Waals surface area contributed by atoms with Gasteiger partial charge in [-0.25, -0.2) is 0 Å². The Morgan fingerprint density at radius 1 is 1.33 bits per heavy atom. The second-order valence-corrected chi connectivity index (χ2v) is 4.02. The molecule has 0 fully saturated rings. The minimum atomic E-state index is -0.674. The summed E-state index contributed by atoms with van der Waals surface area (Å²) in [4.78, 5) is 10.2. The summed E-state index contributed by atoms with van der Waals surface area (Å²) in [5, 5.41) is 8.41. The zero-order chi connectivity index (χ0) is 9.56. The molecule has 0 aliphatic carbocycles. The number of rotatable bonds is 6. The van der Waals surface area contributed by atoms with Gasteiger partial charge in [0, 0.05) is 6.42 Å². The Kier molecular flexibility index (Phi) is 5.77. The quantitative estimate of drug-likeness (QED) is 0.668. The van der Waals surface area contributed by atoms with Crippen LogP contribution in [-0.4, -0.2) is 11.1 Å². The van der Waals surface area contributed by atoms with Gasteiger partial charge in [-0.05, 0) is 24.7 Å². The average Bonchev–Trinajstić information content (AvgIpc) is 1.84. The molecule has 1 atom stereocenters. The van der Waals surface area contributed by atoms with Crippen LogP contribution in [0.3, 0.4) is 0 Å². The van der Waals surface area contributed by atoms with Gasteiger partial charge >= 0.3 is 5.97 Å². The van der Waals surface area contributed by atoms with Gasteiger partial charge in [0.1, 0.15) is 0 Å². The van der Waals surface area contributed by atoms with E-state index in [4.69, 9.17) is 5.11 Å². The van der Waals surface area contributed by atoms with E-state index in [0.717, 1.165) is 18.8 Å². The first-order chi connectivity index (χ1) is 5.52. The van der Waals surface area contributed by atoms with E-state index in [1.54, 1.807) is 0 Å². The van der Waals surface area contributed by atoms with Crippen LogP contribution in [0.25, 0.3) is 0 Å². The van der Waals surface area contributed by atoms with Gasteiger partial charge in [-0.15, -0.1) is 0 Å². The van der Waals surface area contributed by atoms with Crippen LogP contribution in [0, 0.1) is 11.8 Å². The molecule has 0 spiro atoms. The van der Waals surface area contributed by atoms with Crippen molar-refractivity contribution in [3.05, 3.63) is 0 Å². The van der Waals surface area contributed by atoms with E-state index in [2.05, 4.69) is 20.8 Å². The normalized spacial score (nSPS) is 13.3. The third-order valence-electron chi connectivity index (χ3n) is 1.96. The molecule has 0 saturated carbocycles. The molecule has 2 nitrogen and oxygen atoms in total. The van der Waals surface area contributed by atoms with Crippen molar-refractivity contribution in [2.45, 2.75) is 46.5 Å². The van der Waals surface area contributed by atoms with Crippen LogP contribution in [0.5, 0.6) is 0 Å². The highest BCUT2D eigenvalue weighted by molar-refractivity contribution is 5.66. The summed E-state index contributed by atoms with van der Waals surface area (Å²) >= 11 is 0. The fourth-order valence-electron chi connectivity index (χ4n) is 1.52. The standard InChI is InChI=1S/C10H20O2/c1-8(2)7-9(3)5-4-6-10(11)12/h8-9H,4-7H2,1-3H3,(H,11,12). The van der Waals surface area contributed by atoms with Crippen molar-refractivity contribution in [2.24, 2.45) is 11.8 Å². The number of carboxylic acids is 1. The first-order valence-corrected chi connectivity index (χ1v) is 4.74. The van der Waals surface area contributed by atoms with Gasteiger partial charge in [0.15, 0.2) is 0 Å². The van der Waals surface area contributed by atoms with Gasteiger partial charge < -0.3 is 5.11 Å². The zero-order valence-corrected chi connectivity index (χ0v) is 8.34. The van der Waals surface area contributed by atoms with Gasteiger partial charge in [-0.3, -0.25) is 4.79 Å². The van der Waals surface area contributed by atoms with Crippen LogP contribution in [-0.2, 0) is 4.79 Å². The van der Waals surface area contributed by atoms with Crippen LogP contribution in [0.1, 0.15) is 46.5 Å². The lowest BCUT2D eigenvalue weighted by molar-refractivity contribution is -0.137. The van der Waals surface area contributed by atoms with Crippen molar-refractivity contribution in [2.75, 3.05) is 0 Å². The monoisotopic (exact) mass is 172 g/mol. The predicted octanol–water partition coefficient (Wildman–Crippen LogP) is 2.92. The third kappa shape index (κ3) is 7.58. The summed E-state index contributed by atoms with van der Waals surface area (Å²) in [6, 6.07) is 0. The fraction of sp³-hybridized carbons (Fsp3) is 0.900. The van der Waals surface area contributed by atoms with E-state index >= 15 is 0 Å². The minimum Gasteiger partial charge on any atom is -0.481 e. The van der Waals surface area contributed by atoms with Crippen LogP contribution in [0.2, 0.25) is 0 Å².